The van der Waals surface area contributed by atoms with Crippen LogP contribution >= 0.6 is 11.5 Å². The first-order valence-electron chi connectivity index (χ1n) is 4.53. The summed E-state index contributed by atoms with van der Waals surface area (Å²) in [5, 5.41) is 2.91. The second-order valence-corrected chi connectivity index (χ2v) is 4.11. The smallest absolute Gasteiger partial charge is 0.233 e. The van der Waals surface area contributed by atoms with E-state index in [1.165, 1.54) is 11.5 Å². The minimum atomic E-state index is 0.339. The van der Waals surface area contributed by atoms with Gasteiger partial charge in [-0.2, -0.15) is 9.36 Å². The molecule has 0 atom stereocenters. The number of hydrogen-bond donors (Lipinski definition) is 2. The molecule has 0 aliphatic carbocycles. The van der Waals surface area contributed by atoms with E-state index in [0.717, 1.165) is 31.3 Å². The first-order chi connectivity index (χ1) is 6.74. The third-order valence-electron chi connectivity index (χ3n) is 2.20. The predicted molar refractivity (Wildman–Crippen MR) is 57.0 cm³/mol. The van der Waals surface area contributed by atoms with Crippen molar-refractivity contribution in [2.45, 2.75) is 0 Å². The number of rotatable bonds is 2. The predicted octanol–water partition coefficient (Wildman–Crippen LogP) is -0.305. The molecule has 1 aromatic rings. The number of nitrogens with one attached hydrogen (secondary N) is 1. The number of nitrogens with zero attached hydrogens (tertiary/aromatic N) is 4. The fraction of sp³-hybridized carbons (Fsp3) is 0.714. The van der Waals surface area contributed by atoms with Gasteiger partial charge in [-0.05, 0) is 7.05 Å². The highest BCUT2D eigenvalue weighted by molar-refractivity contribution is 7.09. The van der Waals surface area contributed by atoms with E-state index in [1.807, 2.05) is 0 Å². The monoisotopic (exact) mass is 214 g/mol. The molecular formula is C7H14N6S. The Morgan fingerprint density at radius 3 is 2.64 bits per heavy atom. The summed E-state index contributed by atoms with van der Waals surface area (Å²) in [5.41, 5.74) is 8.62. The number of nitrogen functional groups attached to an aromatic ring is 1. The second-order valence-electron chi connectivity index (χ2n) is 3.36. The van der Waals surface area contributed by atoms with Gasteiger partial charge in [0.05, 0.1) is 0 Å². The van der Waals surface area contributed by atoms with Crippen LogP contribution in [0.5, 0.6) is 0 Å². The van der Waals surface area contributed by atoms with Gasteiger partial charge < -0.3 is 10.6 Å². The van der Waals surface area contributed by atoms with Gasteiger partial charge in [0, 0.05) is 37.7 Å². The van der Waals surface area contributed by atoms with Gasteiger partial charge >= 0.3 is 0 Å². The maximum Gasteiger partial charge on any atom is 0.233 e. The number of nitrogens with two attached hydrogens (primary N) is 1. The maximum absolute atomic E-state index is 5.43. The molecule has 3 N–H and O–H groups in total. The third-order valence-corrected chi connectivity index (χ3v) is 2.83. The van der Waals surface area contributed by atoms with Gasteiger partial charge in [-0.3, -0.25) is 5.43 Å². The van der Waals surface area contributed by atoms with Crippen molar-refractivity contribution in [3.05, 3.63) is 0 Å². The summed E-state index contributed by atoms with van der Waals surface area (Å²) in [7, 11) is 2.13. The molecule has 0 aromatic carbocycles. The number of anilines is 2. The minimum Gasteiger partial charge on any atom is -0.367 e. The lowest BCUT2D eigenvalue weighted by Gasteiger charge is -2.31. The van der Waals surface area contributed by atoms with Crippen LogP contribution in [0.2, 0.25) is 0 Å². The van der Waals surface area contributed by atoms with Gasteiger partial charge in [-0.1, -0.05) is 0 Å². The summed E-state index contributed by atoms with van der Waals surface area (Å²) in [6.45, 7) is 4.13. The molecule has 1 fully saturated rings. The number of aromatic nitrogens is 2. The Morgan fingerprint density at radius 2 is 2.07 bits per heavy atom. The average molecular weight is 214 g/mol. The normalized spacial score (nSPS) is 19.8. The molecule has 7 heteroatoms. The Bertz CT molecular complexity index is 292. The van der Waals surface area contributed by atoms with Crippen molar-refractivity contribution in [1.29, 1.82) is 0 Å². The molecule has 2 heterocycles. The van der Waals surface area contributed by atoms with Crippen LogP contribution in [0.25, 0.3) is 0 Å². The molecular weight excluding hydrogens is 200 g/mol. The zero-order valence-corrected chi connectivity index (χ0v) is 8.92. The van der Waals surface area contributed by atoms with Crippen LogP contribution in [0.4, 0.5) is 11.1 Å². The van der Waals surface area contributed by atoms with Gasteiger partial charge in [-0.25, -0.2) is 5.01 Å². The summed E-state index contributed by atoms with van der Waals surface area (Å²) in [4.78, 5) is 6.34. The molecule has 2 rings (SSSR count). The second kappa shape index (κ2) is 4.07. The van der Waals surface area contributed by atoms with Gasteiger partial charge in [0.2, 0.25) is 11.1 Å². The highest BCUT2D eigenvalue weighted by atomic mass is 32.1. The first kappa shape index (κ1) is 9.63. The van der Waals surface area contributed by atoms with Crippen LogP contribution in [0.15, 0.2) is 0 Å². The topological polar surface area (TPSA) is 70.3 Å². The maximum atomic E-state index is 5.43. The molecule has 1 saturated heterocycles. The van der Waals surface area contributed by atoms with E-state index in [2.05, 4.69) is 31.7 Å². The molecule has 0 amide bonds. The lowest BCUT2D eigenvalue weighted by Crippen LogP contribution is -2.46. The first-order valence-corrected chi connectivity index (χ1v) is 5.31. The largest absolute Gasteiger partial charge is 0.367 e. The molecule has 0 spiro atoms. The Labute approximate surface area is 86.9 Å². The SMILES string of the molecule is CN1CCN(Nc2nc(N)ns2)CC1. The lowest BCUT2D eigenvalue weighted by atomic mass is 10.4. The zero-order chi connectivity index (χ0) is 9.97. The Kier molecular flexibility index (Phi) is 2.80. The van der Waals surface area contributed by atoms with Crippen LogP contribution < -0.4 is 11.2 Å². The van der Waals surface area contributed by atoms with E-state index in [9.17, 15) is 0 Å². The number of hydrogen-bond acceptors (Lipinski definition) is 7. The van der Waals surface area contributed by atoms with Crippen LogP contribution in [-0.2, 0) is 0 Å². The summed E-state index contributed by atoms with van der Waals surface area (Å²) in [6.07, 6.45) is 0. The van der Waals surface area contributed by atoms with Crippen molar-refractivity contribution >= 4 is 22.6 Å². The third kappa shape index (κ3) is 2.31. The fourth-order valence-corrected chi connectivity index (χ4v) is 1.86. The molecule has 0 unspecified atom stereocenters. The van der Waals surface area contributed by atoms with Gasteiger partial charge in [0.1, 0.15) is 0 Å². The highest BCUT2D eigenvalue weighted by Gasteiger charge is 2.14. The fourth-order valence-electron chi connectivity index (χ4n) is 1.33. The minimum absolute atomic E-state index is 0.339. The van der Waals surface area contributed by atoms with Crippen molar-refractivity contribution in [3.63, 3.8) is 0 Å². The average Bonchev–Trinajstić information content (AvgIpc) is 2.56. The van der Waals surface area contributed by atoms with E-state index in [0.29, 0.717) is 5.95 Å². The molecule has 78 valence electrons. The van der Waals surface area contributed by atoms with E-state index < -0.39 is 0 Å². The molecule has 0 saturated carbocycles. The van der Waals surface area contributed by atoms with E-state index in [-0.39, 0.29) is 0 Å². The van der Waals surface area contributed by atoms with Crippen LogP contribution in [0.1, 0.15) is 0 Å². The number of hydrazine groups is 1. The Balaban J connectivity index is 1.86. The number of likely N-dealkylation sites (N-methyl/N-ethyl adjacent to an activating group) is 1. The van der Waals surface area contributed by atoms with Crippen LogP contribution in [0.3, 0.4) is 0 Å². The van der Waals surface area contributed by atoms with Crippen LogP contribution in [-0.4, -0.2) is 52.5 Å². The quantitative estimate of drug-likeness (QED) is 0.704. The summed E-state index contributed by atoms with van der Waals surface area (Å²) < 4.78 is 3.91. The van der Waals surface area contributed by atoms with E-state index >= 15 is 0 Å². The molecule has 1 aliphatic rings. The molecule has 1 aliphatic heterocycles. The molecule has 1 aromatic heterocycles. The zero-order valence-electron chi connectivity index (χ0n) is 8.10. The molecule has 0 bridgehead atoms. The standard InChI is InChI=1S/C7H14N6S/c1-12-2-4-13(5-3-12)10-7-9-6(8)11-14-7/h2-5H2,1H3,(H3,8,9,10,11). The van der Waals surface area contributed by atoms with Gasteiger partial charge in [-0.15, -0.1) is 0 Å². The molecule has 6 nitrogen and oxygen atoms in total. The van der Waals surface area contributed by atoms with Gasteiger partial charge in [0.15, 0.2) is 0 Å². The van der Waals surface area contributed by atoms with Crippen molar-refractivity contribution in [3.8, 4) is 0 Å². The van der Waals surface area contributed by atoms with E-state index in [1.54, 1.807) is 0 Å². The Morgan fingerprint density at radius 1 is 1.36 bits per heavy atom. The Hall–Kier alpha value is -0.920. The van der Waals surface area contributed by atoms with Crippen molar-refractivity contribution < 1.29 is 0 Å². The van der Waals surface area contributed by atoms with Gasteiger partial charge in [0.25, 0.3) is 0 Å². The van der Waals surface area contributed by atoms with Crippen LogP contribution in [0, 0.1) is 0 Å². The lowest BCUT2D eigenvalue weighted by molar-refractivity contribution is 0.179. The van der Waals surface area contributed by atoms with Crippen molar-refractivity contribution in [2.75, 3.05) is 44.4 Å². The summed E-state index contributed by atoms with van der Waals surface area (Å²) >= 11 is 1.29. The molecule has 14 heavy (non-hydrogen) atoms. The molecule has 0 radical (unpaired) electrons. The van der Waals surface area contributed by atoms with Crippen molar-refractivity contribution in [2.24, 2.45) is 0 Å². The number of piperazine rings is 1. The highest BCUT2D eigenvalue weighted by Crippen LogP contribution is 2.13. The summed E-state index contributed by atoms with van der Waals surface area (Å²) in [6, 6.07) is 0. The van der Waals surface area contributed by atoms with Crippen molar-refractivity contribution in [1.82, 2.24) is 19.3 Å². The summed E-state index contributed by atoms with van der Waals surface area (Å²) in [5.74, 6) is 0.339. The van der Waals surface area contributed by atoms with E-state index in [4.69, 9.17) is 5.73 Å².